The Labute approximate surface area is 158 Å². The zero-order valence-corrected chi connectivity index (χ0v) is 16.5. The van der Waals surface area contributed by atoms with Gasteiger partial charge in [0.25, 0.3) is 0 Å². The number of ether oxygens (including phenoxy) is 1. The van der Waals surface area contributed by atoms with Gasteiger partial charge in [-0.25, -0.2) is 0 Å². The molecule has 2 aromatic rings. The van der Waals surface area contributed by atoms with E-state index in [1.54, 1.807) is 7.11 Å². The third-order valence-corrected chi connectivity index (χ3v) is 5.54. The first-order valence-electron chi connectivity index (χ1n) is 9.09. The van der Waals surface area contributed by atoms with E-state index in [1.807, 2.05) is 23.1 Å². The number of nitrogens with zero attached hydrogens (tertiary/aromatic N) is 4. The number of hydrogen-bond donors (Lipinski definition) is 0. The molecule has 0 saturated carbocycles. The molecule has 7 heteroatoms. The lowest BCUT2D eigenvalue weighted by Crippen LogP contribution is -2.37. The first-order chi connectivity index (χ1) is 12.7. The summed E-state index contributed by atoms with van der Waals surface area (Å²) in [6.07, 6.45) is 2.80. The quantitative estimate of drug-likeness (QED) is 0.665. The molecule has 0 bridgehead atoms. The second-order valence-corrected chi connectivity index (χ2v) is 7.47. The Hall–Kier alpha value is -1.86. The van der Waals surface area contributed by atoms with E-state index in [-0.39, 0.29) is 11.9 Å². The number of amides is 1. The lowest BCUT2D eigenvalue weighted by molar-refractivity contribution is -0.116. The molecule has 1 unspecified atom stereocenters. The number of methoxy groups -OCH3 is 1. The Morgan fingerprint density at radius 1 is 1.35 bits per heavy atom. The number of carbonyl (C=O) groups is 1. The largest absolute Gasteiger partial charge is 0.383 e. The van der Waals surface area contributed by atoms with Crippen LogP contribution in [0.4, 0.5) is 5.69 Å². The third-order valence-electron chi connectivity index (χ3n) is 4.59. The average Bonchev–Trinajstić information content (AvgIpc) is 3.18. The van der Waals surface area contributed by atoms with E-state index >= 15 is 0 Å². The van der Waals surface area contributed by atoms with Crippen LogP contribution >= 0.6 is 11.8 Å². The minimum Gasteiger partial charge on any atom is -0.383 e. The molecule has 1 aromatic heterocycles. The van der Waals surface area contributed by atoms with Crippen molar-refractivity contribution in [1.82, 2.24) is 14.8 Å². The molecule has 0 saturated heterocycles. The fourth-order valence-electron chi connectivity index (χ4n) is 3.38. The molecular weight excluding hydrogens is 348 g/mol. The number of rotatable bonds is 8. The predicted molar refractivity (Wildman–Crippen MR) is 104 cm³/mol. The van der Waals surface area contributed by atoms with Crippen LogP contribution in [-0.2, 0) is 28.9 Å². The lowest BCUT2D eigenvalue weighted by atomic mass is 10.1. The van der Waals surface area contributed by atoms with Gasteiger partial charge < -0.3 is 14.2 Å². The van der Waals surface area contributed by atoms with E-state index < -0.39 is 0 Å². The van der Waals surface area contributed by atoms with Crippen molar-refractivity contribution in [1.29, 1.82) is 0 Å². The van der Waals surface area contributed by atoms with Gasteiger partial charge in [-0.2, -0.15) is 0 Å². The van der Waals surface area contributed by atoms with Crippen LogP contribution in [0.2, 0.25) is 0 Å². The number of carbonyl (C=O) groups excluding carboxylic acids is 1. The van der Waals surface area contributed by atoms with Crippen molar-refractivity contribution in [2.75, 3.05) is 24.4 Å². The number of anilines is 1. The van der Waals surface area contributed by atoms with Crippen LogP contribution in [-0.4, -0.2) is 46.2 Å². The summed E-state index contributed by atoms with van der Waals surface area (Å²) in [5.74, 6) is 1.43. The van der Waals surface area contributed by atoms with E-state index in [0.717, 1.165) is 35.9 Å². The van der Waals surface area contributed by atoms with Gasteiger partial charge in [0, 0.05) is 31.8 Å². The Kier molecular flexibility index (Phi) is 6.32. The van der Waals surface area contributed by atoms with Gasteiger partial charge in [0.15, 0.2) is 5.16 Å². The maximum Gasteiger partial charge on any atom is 0.237 e. The summed E-state index contributed by atoms with van der Waals surface area (Å²) in [7, 11) is 1.69. The topological polar surface area (TPSA) is 60.2 Å². The first kappa shape index (κ1) is 18.9. The van der Waals surface area contributed by atoms with Gasteiger partial charge in [-0.05, 0) is 31.4 Å². The van der Waals surface area contributed by atoms with Crippen molar-refractivity contribution < 1.29 is 9.53 Å². The van der Waals surface area contributed by atoms with Gasteiger partial charge >= 0.3 is 0 Å². The smallest absolute Gasteiger partial charge is 0.237 e. The highest BCUT2D eigenvalue weighted by atomic mass is 32.2. The molecule has 0 radical (unpaired) electrons. The summed E-state index contributed by atoms with van der Waals surface area (Å²) < 4.78 is 7.28. The predicted octanol–water partition coefficient (Wildman–Crippen LogP) is 2.95. The highest BCUT2D eigenvalue weighted by molar-refractivity contribution is 7.99. The summed E-state index contributed by atoms with van der Waals surface area (Å²) in [4.78, 5) is 14.8. The maximum atomic E-state index is 12.9. The fourth-order valence-corrected chi connectivity index (χ4v) is 4.23. The molecule has 26 heavy (non-hydrogen) atoms. The molecule has 0 aliphatic carbocycles. The first-order valence-corrected chi connectivity index (χ1v) is 10.1. The summed E-state index contributed by atoms with van der Waals surface area (Å²) in [6, 6.07) is 8.35. The molecule has 3 rings (SSSR count). The number of para-hydroxylation sites is 1. The lowest BCUT2D eigenvalue weighted by Gasteiger charge is -2.22. The number of hydrogen-bond acceptors (Lipinski definition) is 5. The second-order valence-electron chi connectivity index (χ2n) is 6.53. The van der Waals surface area contributed by atoms with Crippen LogP contribution in [0, 0.1) is 0 Å². The van der Waals surface area contributed by atoms with Crippen LogP contribution in [0.15, 0.2) is 29.4 Å². The van der Waals surface area contributed by atoms with Crippen molar-refractivity contribution in [3.05, 3.63) is 35.7 Å². The molecule has 6 nitrogen and oxygen atoms in total. The van der Waals surface area contributed by atoms with Crippen LogP contribution in [0.1, 0.15) is 31.7 Å². The van der Waals surface area contributed by atoms with Gasteiger partial charge in [-0.1, -0.05) is 36.9 Å². The van der Waals surface area contributed by atoms with Gasteiger partial charge in [0.2, 0.25) is 5.91 Å². The van der Waals surface area contributed by atoms with Crippen molar-refractivity contribution in [2.45, 2.75) is 50.9 Å². The van der Waals surface area contributed by atoms with Gasteiger partial charge in [-0.15, -0.1) is 10.2 Å². The molecular formula is C19H26N4O2S. The molecule has 140 valence electrons. The number of aryl methyl sites for hydroxylation is 1. The molecule has 1 aromatic carbocycles. The van der Waals surface area contributed by atoms with Crippen molar-refractivity contribution in [3.63, 3.8) is 0 Å². The van der Waals surface area contributed by atoms with E-state index in [0.29, 0.717) is 18.9 Å². The third kappa shape index (κ3) is 3.94. The molecule has 0 N–H and O–H groups in total. The monoisotopic (exact) mass is 374 g/mol. The second kappa shape index (κ2) is 8.68. The number of aromatic nitrogens is 3. The SMILES string of the molecule is CCCc1nnc(SCC(=O)N2c3ccccc3CC2C)n1CCOC. The van der Waals surface area contributed by atoms with Crippen molar-refractivity contribution in [2.24, 2.45) is 0 Å². The van der Waals surface area contributed by atoms with Crippen LogP contribution in [0.3, 0.4) is 0 Å². The van der Waals surface area contributed by atoms with E-state index in [1.165, 1.54) is 17.3 Å². The molecule has 1 aliphatic heterocycles. The molecule has 2 heterocycles. The molecule has 1 atom stereocenters. The normalized spacial score (nSPS) is 16.1. The zero-order chi connectivity index (χ0) is 18.5. The Balaban J connectivity index is 1.70. The van der Waals surface area contributed by atoms with Crippen LogP contribution < -0.4 is 4.90 Å². The Morgan fingerprint density at radius 2 is 2.15 bits per heavy atom. The molecule has 1 aliphatic rings. The van der Waals surface area contributed by atoms with Crippen molar-refractivity contribution >= 4 is 23.4 Å². The molecule has 0 spiro atoms. The van der Waals surface area contributed by atoms with Crippen molar-refractivity contribution in [3.8, 4) is 0 Å². The van der Waals surface area contributed by atoms with Gasteiger partial charge in [0.1, 0.15) is 5.82 Å². The molecule has 1 amide bonds. The fraction of sp³-hybridized carbons (Fsp3) is 0.526. The maximum absolute atomic E-state index is 12.9. The van der Waals surface area contributed by atoms with Gasteiger partial charge in [-0.3, -0.25) is 4.79 Å². The zero-order valence-electron chi connectivity index (χ0n) is 15.6. The van der Waals surface area contributed by atoms with E-state index in [2.05, 4.69) is 34.7 Å². The Morgan fingerprint density at radius 3 is 2.92 bits per heavy atom. The highest BCUT2D eigenvalue weighted by Gasteiger charge is 2.30. The van der Waals surface area contributed by atoms with E-state index in [4.69, 9.17) is 4.74 Å². The molecule has 0 fully saturated rings. The summed E-state index contributed by atoms with van der Waals surface area (Å²) >= 11 is 1.46. The van der Waals surface area contributed by atoms with Crippen LogP contribution in [0.25, 0.3) is 0 Å². The van der Waals surface area contributed by atoms with Crippen LogP contribution in [0.5, 0.6) is 0 Å². The number of benzene rings is 1. The Bertz CT molecular complexity index is 762. The van der Waals surface area contributed by atoms with E-state index in [9.17, 15) is 4.79 Å². The standard InChI is InChI=1S/C19H26N4O2S/c1-4-7-17-20-21-19(22(17)10-11-25-3)26-13-18(24)23-14(2)12-15-8-5-6-9-16(15)23/h5-6,8-9,14H,4,7,10-13H2,1-3H3. The average molecular weight is 375 g/mol. The minimum atomic E-state index is 0.116. The number of thioether (sulfide) groups is 1. The summed E-state index contributed by atoms with van der Waals surface area (Å²) in [5.41, 5.74) is 2.28. The van der Waals surface area contributed by atoms with Gasteiger partial charge in [0.05, 0.1) is 12.4 Å². The minimum absolute atomic E-state index is 0.116. The number of fused-ring (bicyclic) bond motifs is 1. The highest BCUT2D eigenvalue weighted by Crippen LogP contribution is 2.32. The summed E-state index contributed by atoms with van der Waals surface area (Å²) in [5, 5.41) is 9.39. The summed E-state index contributed by atoms with van der Waals surface area (Å²) in [6.45, 7) is 5.53.